The van der Waals surface area contributed by atoms with E-state index in [4.69, 9.17) is 0 Å². The van der Waals surface area contributed by atoms with Crippen LogP contribution in [0.5, 0.6) is 0 Å². The second-order valence-corrected chi connectivity index (χ2v) is 28.3. The lowest BCUT2D eigenvalue weighted by Gasteiger charge is -2.03. The molecule has 0 fully saturated rings. The third kappa shape index (κ3) is 29.6. The third-order valence-corrected chi connectivity index (χ3v) is 18.8. The van der Waals surface area contributed by atoms with Crippen LogP contribution in [-0.2, 0) is 0 Å². The number of halogens is 2. The smallest absolute Gasteiger partial charge is 0.123 e. The predicted octanol–water partition coefficient (Wildman–Crippen LogP) is 29.0. The van der Waals surface area contributed by atoms with Gasteiger partial charge < -0.3 is 0 Å². The van der Waals surface area contributed by atoms with Gasteiger partial charge in [-0.2, -0.15) is 0 Å². The number of nitrogens with zero attached hydrogens (tertiary/aromatic N) is 7. The van der Waals surface area contributed by atoms with Gasteiger partial charge in [0.2, 0.25) is 0 Å². The second-order valence-electron chi connectivity index (χ2n) is 28.3. The van der Waals surface area contributed by atoms with E-state index < -0.39 is 0 Å². The number of hydrogen-bond donors (Lipinski definition) is 0. The van der Waals surface area contributed by atoms with Crippen molar-refractivity contribution < 1.29 is 8.78 Å². The first-order valence-electron chi connectivity index (χ1n) is 39.5. The first kappa shape index (κ1) is 86.7. The summed E-state index contributed by atoms with van der Waals surface area (Å²) in [7, 11) is 0. The minimum atomic E-state index is -0.194. The molecule has 0 amide bonds. The van der Waals surface area contributed by atoms with Crippen LogP contribution in [0, 0.1) is 73.9 Å². The van der Waals surface area contributed by atoms with Gasteiger partial charge in [-0.05, 0) is 242 Å². The first-order valence-corrected chi connectivity index (χ1v) is 39.5. The summed E-state index contributed by atoms with van der Waals surface area (Å²) in [6, 6.07) is 122. The van der Waals surface area contributed by atoms with Crippen molar-refractivity contribution in [2.24, 2.45) is 0 Å². The summed E-state index contributed by atoms with van der Waals surface area (Å²) in [5, 5.41) is 0. The lowest BCUT2D eigenvalue weighted by atomic mass is 10.0. The van der Waals surface area contributed by atoms with Crippen molar-refractivity contribution in [3.63, 3.8) is 0 Å². The van der Waals surface area contributed by atoms with Crippen LogP contribution in [0.2, 0.25) is 0 Å². The van der Waals surface area contributed by atoms with Crippen LogP contribution in [0.15, 0.2) is 438 Å². The Morgan fingerprint density at radius 3 is 0.966 bits per heavy atom. The monoisotopic (exact) mass is 1560 g/mol. The summed E-state index contributed by atoms with van der Waals surface area (Å²) in [6.45, 7) is 18.7. The molecule has 7 nitrogen and oxygen atoms in total. The molecule has 0 aliphatic rings. The van der Waals surface area contributed by atoms with E-state index in [0.29, 0.717) is 0 Å². The molecule has 0 spiro atoms. The number of pyridine rings is 7. The largest absolute Gasteiger partial charge is 0.265 e. The van der Waals surface area contributed by atoms with E-state index in [1.165, 1.54) is 129 Å². The number of aromatic nitrogens is 7. The van der Waals surface area contributed by atoms with Gasteiger partial charge in [0.15, 0.2) is 0 Å². The maximum Gasteiger partial charge on any atom is 0.123 e. The Kier molecular flexibility index (Phi) is 34.4. The summed E-state index contributed by atoms with van der Waals surface area (Å²) >= 11 is 0. The SMILES string of the molecule is Cc1ccc(-c2ccc(F)cc2)cc1.Cc1ccc(-c2cccc(F)c2)cc1.Cc1ccc(-c2cccnc2)cc1.Cc1ccc(-c2cccnc2)cc1.Cc1cccc(-c2ccccc2)n1.Cc1cccc(-c2ccncc2)c1.Cc1ccccc1-c1cccnc1.Cc1ccccc1-c1ccncc1.Cc1ccnc(-c2ccccc2)c1. The highest BCUT2D eigenvalue weighted by Gasteiger charge is 2.05. The topological polar surface area (TPSA) is 90.2 Å². The fraction of sp³-hybridized carbons (Fsp3) is 0.0818. The molecule has 0 aliphatic carbocycles. The van der Waals surface area contributed by atoms with Crippen molar-refractivity contribution in [2.75, 3.05) is 0 Å². The molecule has 11 aromatic carbocycles. The summed E-state index contributed by atoms with van der Waals surface area (Å²) in [5.41, 5.74) is 32.0. The lowest BCUT2D eigenvalue weighted by Crippen LogP contribution is -1.84. The van der Waals surface area contributed by atoms with Gasteiger partial charge in [0, 0.05) is 90.5 Å². The molecule has 0 aliphatic heterocycles. The zero-order chi connectivity index (χ0) is 83.6. The molecule has 588 valence electrons. The van der Waals surface area contributed by atoms with Gasteiger partial charge in [-0.25, -0.2) is 8.78 Å². The van der Waals surface area contributed by atoms with Crippen LogP contribution < -0.4 is 0 Å². The maximum absolute atomic E-state index is 12.9. The van der Waals surface area contributed by atoms with Gasteiger partial charge in [-0.3, -0.25) is 34.9 Å². The molecule has 18 aromatic rings. The van der Waals surface area contributed by atoms with E-state index in [1.807, 2.05) is 209 Å². The molecule has 0 atom stereocenters. The average Bonchev–Trinajstić information content (AvgIpc) is 0.979. The Balaban J connectivity index is 0.000000141. The van der Waals surface area contributed by atoms with Crippen LogP contribution in [-0.4, -0.2) is 34.9 Å². The van der Waals surface area contributed by atoms with Crippen LogP contribution in [0.1, 0.15) is 50.2 Å². The van der Waals surface area contributed by atoms with Crippen molar-refractivity contribution in [3.8, 4) is 100 Å². The van der Waals surface area contributed by atoms with Gasteiger partial charge >= 0.3 is 0 Å². The van der Waals surface area contributed by atoms with Crippen LogP contribution >= 0.6 is 0 Å². The second kappa shape index (κ2) is 47.2. The zero-order valence-corrected chi connectivity index (χ0v) is 69.0. The molecule has 0 radical (unpaired) electrons. The van der Waals surface area contributed by atoms with E-state index in [0.717, 1.165) is 39.3 Å². The Bertz CT molecular complexity index is 5510. The summed E-state index contributed by atoms with van der Waals surface area (Å²) < 4.78 is 25.6. The number of rotatable bonds is 9. The molecule has 0 bridgehead atoms. The predicted molar refractivity (Wildman–Crippen MR) is 494 cm³/mol. The highest BCUT2D eigenvalue weighted by atomic mass is 19.1. The van der Waals surface area contributed by atoms with Gasteiger partial charge in [0.25, 0.3) is 0 Å². The highest BCUT2D eigenvalue weighted by molar-refractivity contribution is 5.70. The van der Waals surface area contributed by atoms with E-state index in [-0.39, 0.29) is 11.6 Å². The van der Waals surface area contributed by atoms with Gasteiger partial charge in [0.05, 0.1) is 11.4 Å². The highest BCUT2D eigenvalue weighted by Crippen LogP contribution is 2.27. The van der Waals surface area contributed by atoms with E-state index in [2.05, 4.69) is 265 Å². The van der Waals surface area contributed by atoms with Crippen LogP contribution in [0.3, 0.4) is 0 Å². The Hall–Kier alpha value is -14.7. The summed E-state index contributed by atoms with van der Waals surface area (Å²) in [4.78, 5) is 29.0. The van der Waals surface area contributed by atoms with Crippen molar-refractivity contribution in [1.29, 1.82) is 0 Å². The Morgan fingerprint density at radius 1 is 0.185 bits per heavy atom. The Labute approximate surface area is 702 Å². The van der Waals surface area contributed by atoms with Crippen molar-refractivity contribution in [3.05, 3.63) is 500 Å². The standard InChI is InChI=1S/2C13H11F.7C12H11N/c1-10-2-4-11(5-3-10)12-6-8-13(14)9-7-12;1-10-5-7-11(8-6-10)12-3-2-4-13(14)9-12;2*1-10-4-6-11(7-5-10)12-3-2-8-13-9-12;1-10-5-2-3-7-12(10)11-6-4-8-13-9-11;1-10-3-2-4-12(9-10)11-5-7-13-8-6-11;1-10-6-5-9-12(13-10)11-7-3-2-4-8-11;1-10-4-2-3-5-12(10)11-6-8-13-9-7-11;1-10-7-8-13-12(9-10)11-5-3-2-4-6-11/h2*2-9H,1H3;7*2-9H,1H3. The number of hydrogen-bond acceptors (Lipinski definition) is 7. The normalized spacial score (nSPS) is 9.97. The maximum atomic E-state index is 12.9. The average molecular weight is 1560 g/mol. The lowest BCUT2D eigenvalue weighted by molar-refractivity contribution is 0.627. The van der Waals surface area contributed by atoms with Crippen molar-refractivity contribution in [1.82, 2.24) is 34.9 Å². The van der Waals surface area contributed by atoms with Gasteiger partial charge in [0.1, 0.15) is 11.6 Å². The fourth-order valence-corrected chi connectivity index (χ4v) is 12.2. The minimum absolute atomic E-state index is 0.192. The molecule has 0 N–H and O–H groups in total. The van der Waals surface area contributed by atoms with E-state index >= 15 is 0 Å². The van der Waals surface area contributed by atoms with E-state index in [1.54, 1.807) is 42.9 Å². The molecular weight excluding hydrogens is 1460 g/mol. The first-order chi connectivity index (χ1) is 58.1. The summed E-state index contributed by atoms with van der Waals surface area (Å²) in [5.74, 6) is -0.385. The number of benzene rings is 11. The van der Waals surface area contributed by atoms with E-state index in [9.17, 15) is 8.78 Å². The van der Waals surface area contributed by atoms with Crippen molar-refractivity contribution in [2.45, 2.75) is 62.3 Å². The molecule has 0 saturated carbocycles. The molecule has 9 heteroatoms. The molecular formula is C110H99F2N7. The van der Waals surface area contributed by atoms with Gasteiger partial charge in [-0.1, -0.05) is 307 Å². The zero-order valence-electron chi connectivity index (χ0n) is 69.0. The molecule has 0 unspecified atom stereocenters. The molecule has 18 rings (SSSR count). The molecule has 7 heterocycles. The molecule has 119 heavy (non-hydrogen) atoms. The fourth-order valence-electron chi connectivity index (χ4n) is 12.2. The molecule has 0 saturated heterocycles. The van der Waals surface area contributed by atoms with Gasteiger partial charge in [-0.15, -0.1) is 0 Å². The minimum Gasteiger partial charge on any atom is -0.265 e. The quantitative estimate of drug-likeness (QED) is 0.142. The van der Waals surface area contributed by atoms with Crippen molar-refractivity contribution >= 4 is 0 Å². The van der Waals surface area contributed by atoms with Crippen LogP contribution in [0.4, 0.5) is 8.78 Å². The third-order valence-electron chi connectivity index (χ3n) is 18.8. The van der Waals surface area contributed by atoms with Crippen LogP contribution in [0.25, 0.3) is 100 Å². The Morgan fingerprint density at radius 2 is 0.538 bits per heavy atom. The molecule has 7 aromatic heterocycles. The summed E-state index contributed by atoms with van der Waals surface area (Å²) in [6.07, 6.45) is 20.1. The number of aryl methyl sites for hydroxylation is 9.